The van der Waals surface area contributed by atoms with E-state index in [1.54, 1.807) is 52.9 Å². The van der Waals surface area contributed by atoms with Crippen LogP contribution >= 0.6 is 0 Å². The summed E-state index contributed by atoms with van der Waals surface area (Å²) in [6, 6.07) is 5.75. The lowest BCUT2D eigenvalue weighted by atomic mass is 10.0. The summed E-state index contributed by atoms with van der Waals surface area (Å²) in [6.45, 7) is 7.94. The molecule has 0 saturated carbocycles. The molecule has 28 heavy (non-hydrogen) atoms. The van der Waals surface area contributed by atoms with Crippen molar-refractivity contribution in [1.29, 1.82) is 0 Å². The average Bonchev–Trinajstić information content (AvgIpc) is 2.96. The van der Waals surface area contributed by atoms with Gasteiger partial charge in [0, 0.05) is 12.2 Å². The number of hydrogen-bond acceptors (Lipinski definition) is 5. The van der Waals surface area contributed by atoms with Gasteiger partial charge < -0.3 is 14.5 Å². The zero-order chi connectivity index (χ0) is 20.8. The molecule has 0 bridgehead atoms. The van der Waals surface area contributed by atoms with Crippen molar-refractivity contribution < 1.29 is 23.5 Å². The Hall–Kier alpha value is -2.67. The molecule has 2 rings (SSSR count). The lowest BCUT2D eigenvalue weighted by Gasteiger charge is -2.23. The summed E-state index contributed by atoms with van der Waals surface area (Å²) < 4.78 is 24.1. The normalized spacial score (nSPS) is 12.1. The van der Waals surface area contributed by atoms with E-state index in [2.05, 4.69) is 4.98 Å². The molecule has 1 atom stereocenters. The molecule has 2 aromatic rings. The van der Waals surface area contributed by atoms with Gasteiger partial charge in [0.1, 0.15) is 6.61 Å². The Morgan fingerprint density at radius 1 is 1.25 bits per heavy atom. The topological polar surface area (TPSA) is 71.6 Å². The van der Waals surface area contributed by atoms with Gasteiger partial charge in [-0.25, -0.2) is 9.18 Å². The van der Waals surface area contributed by atoms with Gasteiger partial charge in [0.2, 0.25) is 0 Å². The van der Waals surface area contributed by atoms with Crippen molar-refractivity contribution in [2.75, 3.05) is 26.8 Å². The number of rotatable bonds is 9. The van der Waals surface area contributed by atoms with Gasteiger partial charge >= 0.3 is 5.97 Å². The second-order valence-electron chi connectivity index (χ2n) is 6.65. The highest BCUT2D eigenvalue weighted by molar-refractivity contribution is 6.03. The van der Waals surface area contributed by atoms with Crippen molar-refractivity contribution in [3.63, 3.8) is 0 Å². The summed E-state index contributed by atoms with van der Waals surface area (Å²) >= 11 is 0. The van der Waals surface area contributed by atoms with Gasteiger partial charge in [-0.05, 0) is 52.4 Å². The molecule has 6 nitrogen and oxygen atoms in total. The number of ketones is 1. The van der Waals surface area contributed by atoms with Gasteiger partial charge in [-0.2, -0.15) is 0 Å². The second kappa shape index (κ2) is 9.50. The third-order valence-corrected chi connectivity index (χ3v) is 4.74. The Kier molecular flexibility index (Phi) is 7.34. The number of aromatic amines is 1. The lowest BCUT2D eigenvalue weighted by molar-refractivity contribution is 0.0525. The van der Waals surface area contributed by atoms with Crippen molar-refractivity contribution in [3.05, 3.63) is 52.6 Å². The van der Waals surface area contributed by atoms with Crippen LogP contribution < -0.4 is 4.74 Å². The van der Waals surface area contributed by atoms with Crippen LogP contribution in [0.2, 0.25) is 0 Å². The van der Waals surface area contributed by atoms with E-state index in [0.29, 0.717) is 29.1 Å². The van der Waals surface area contributed by atoms with E-state index in [-0.39, 0.29) is 24.7 Å². The lowest BCUT2D eigenvalue weighted by Crippen LogP contribution is -2.39. The van der Waals surface area contributed by atoms with Crippen LogP contribution in [0, 0.1) is 19.7 Å². The molecule has 152 valence electrons. The molecule has 1 aromatic heterocycles. The molecule has 7 heteroatoms. The van der Waals surface area contributed by atoms with Gasteiger partial charge in [0.05, 0.1) is 23.9 Å². The third kappa shape index (κ3) is 4.78. The number of hydrogen-bond donors (Lipinski definition) is 1. The maximum absolute atomic E-state index is 13.6. The number of likely N-dealkylation sites (N-methyl/N-ethyl adjacent to an activating group) is 1. The van der Waals surface area contributed by atoms with E-state index in [1.807, 2.05) is 4.90 Å². The van der Waals surface area contributed by atoms with Crippen LogP contribution in [0.1, 0.15) is 46.0 Å². The zero-order valence-electron chi connectivity index (χ0n) is 17.0. The molecule has 1 aromatic carbocycles. The van der Waals surface area contributed by atoms with Crippen molar-refractivity contribution in [1.82, 2.24) is 9.88 Å². The maximum atomic E-state index is 13.6. The van der Waals surface area contributed by atoms with E-state index < -0.39 is 17.8 Å². The number of carbonyl (C=O) groups is 2. The number of H-pyrrole nitrogens is 1. The molecule has 0 saturated heterocycles. The van der Waals surface area contributed by atoms with E-state index >= 15 is 0 Å². The minimum atomic E-state index is -0.448. The largest absolute Gasteiger partial charge is 0.489 e. The van der Waals surface area contributed by atoms with Crippen LogP contribution in [-0.4, -0.2) is 54.5 Å². The first-order valence-electron chi connectivity index (χ1n) is 9.25. The first-order chi connectivity index (χ1) is 13.3. The number of ether oxygens (including phenoxy) is 2. The highest BCUT2D eigenvalue weighted by Crippen LogP contribution is 2.21. The maximum Gasteiger partial charge on any atom is 0.340 e. The van der Waals surface area contributed by atoms with E-state index in [4.69, 9.17) is 9.47 Å². The molecule has 0 fully saturated rings. The molecular formula is C21H27FN2O4. The average molecular weight is 390 g/mol. The highest BCUT2D eigenvalue weighted by atomic mass is 19.1. The first kappa shape index (κ1) is 21.6. The van der Waals surface area contributed by atoms with Crippen LogP contribution in [0.3, 0.4) is 0 Å². The Morgan fingerprint density at radius 2 is 1.93 bits per heavy atom. The zero-order valence-corrected chi connectivity index (χ0v) is 17.0. The van der Waals surface area contributed by atoms with Crippen molar-refractivity contribution >= 4 is 11.8 Å². The van der Waals surface area contributed by atoms with E-state index in [0.717, 1.165) is 0 Å². The number of para-hydroxylation sites is 1. The Bertz CT molecular complexity index is 847. The summed E-state index contributed by atoms with van der Waals surface area (Å²) in [5.74, 6) is -0.806. The predicted octanol–water partition coefficient (Wildman–Crippen LogP) is 3.53. The van der Waals surface area contributed by atoms with Crippen LogP contribution in [0.15, 0.2) is 24.3 Å². The fourth-order valence-corrected chi connectivity index (χ4v) is 2.97. The summed E-state index contributed by atoms with van der Waals surface area (Å²) in [7, 11) is 1.80. The molecule has 0 unspecified atom stereocenters. The summed E-state index contributed by atoms with van der Waals surface area (Å²) in [4.78, 5) is 29.9. The van der Waals surface area contributed by atoms with Gasteiger partial charge in [0.15, 0.2) is 17.3 Å². The number of nitrogens with zero attached hydrogens (tertiary/aromatic N) is 1. The predicted molar refractivity (Wildman–Crippen MR) is 105 cm³/mol. The van der Waals surface area contributed by atoms with E-state index in [1.165, 1.54) is 6.07 Å². The standard InChI is InChI=1S/C21H27FN2O4/c1-6-27-21(26)18-13(2)19(23-14(18)3)20(25)15(4)24(5)11-12-28-17-10-8-7-9-16(17)22/h7-10,15,23H,6,11-12H2,1-5H3/t15-/m1/s1. The van der Waals surface area contributed by atoms with Crippen LogP contribution in [0.25, 0.3) is 0 Å². The number of Topliss-reactive ketones (excluding diaryl/α,β-unsaturated/α-hetero) is 1. The van der Waals surface area contributed by atoms with Crippen molar-refractivity contribution in [2.45, 2.75) is 33.7 Å². The Balaban J connectivity index is 2.02. The molecule has 0 aliphatic rings. The quantitative estimate of drug-likeness (QED) is 0.524. The molecular weight excluding hydrogens is 363 g/mol. The second-order valence-corrected chi connectivity index (χ2v) is 6.65. The number of carbonyl (C=O) groups excluding carboxylic acids is 2. The number of aromatic nitrogens is 1. The molecule has 1 heterocycles. The summed E-state index contributed by atoms with van der Waals surface area (Å²) in [5.41, 5.74) is 2.00. The van der Waals surface area contributed by atoms with Crippen LogP contribution in [-0.2, 0) is 4.74 Å². The molecule has 1 N–H and O–H groups in total. The fourth-order valence-electron chi connectivity index (χ4n) is 2.97. The monoisotopic (exact) mass is 390 g/mol. The SMILES string of the molecule is CCOC(=O)c1c(C)[nH]c(C(=O)[C@@H](C)N(C)CCOc2ccccc2F)c1C. The molecule has 0 radical (unpaired) electrons. The number of benzene rings is 1. The summed E-state index contributed by atoms with van der Waals surface area (Å²) in [6.07, 6.45) is 0. The number of esters is 1. The number of halogens is 1. The van der Waals surface area contributed by atoms with E-state index in [9.17, 15) is 14.0 Å². The molecule has 0 aliphatic carbocycles. The van der Waals surface area contributed by atoms with Gasteiger partial charge in [-0.3, -0.25) is 9.69 Å². The molecule has 0 aliphatic heterocycles. The van der Waals surface area contributed by atoms with Crippen LogP contribution in [0.5, 0.6) is 5.75 Å². The van der Waals surface area contributed by atoms with Gasteiger partial charge in [-0.15, -0.1) is 0 Å². The molecule has 0 amide bonds. The minimum absolute atomic E-state index is 0.135. The Morgan fingerprint density at radius 3 is 2.57 bits per heavy atom. The fraction of sp³-hybridized carbons (Fsp3) is 0.429. The van der Waals surface area contributed by atoms with Crippen LogP contribution in [0.4, 0.5) is 4.39 Å². The summed E-state index contributed by atoms with van der Waals surface area (Å²) in [5, 5.41) is 0. The van der Waals surface area contributed by atoms with Gasteiger partial charge in [-0.1, -0.05) is 12.1 Å². The number of aryl methyl sites for hydroxylation is 1. The van der Waals surface area contributed by atoms with Gasteiger partial charge in [0.25, 0.3) is 0 Å². The Labute approximate surface area is 164 Å². The van der Waals surface area contributed by atoms with Crippen molar-refractivity contribution in [2.24, 2.45) is 0 Å². The first-order valence-corrected chi connectivity index (χ1v) is 9.25. The van der Waals surface area contributed by atoms with Crippen molar-refractivity contribution in [3.8, 4) is 5.75 Å². The number of nitrogens with one attached hydrogen (secondary N) is 1. The third-order valence-electron chi connectivity index (χ3n) is 4.74. The minimum Gasteiger partial charge on any atom is -0.489 e. The smallest absolute Gasteiger partial charge is 0.340 e. The highest BCUT2D eigenvalue weighted by Gasteiger charge is 2.27. The molecule has 0 spiro atoms.